The average molecular weight is 309 g/mol. The molecule has 0 aliphatic heterocycles. The van der Waals surface area contributed by atoms with Crippen molar-refractivity contribution in [3.8, 4) is 5.75 Å². The van der Waals surface area contributed by atoms with E-state index in [9.17, 15) is 4.39 Å². The minimum atomic E-state index is -0.374. The molecule has 0 fully saturated rings. The van der Waals surface area contributed by atoms with Gasteiger partial charge in [0.15, 0.2) is 0 Å². The molecule has 21 heavy (non-hydrogen) atoms. The summed E-state index contributed by atoms with van der Waals surface area (Å²) in [5.74, 6) is 0.198. The number of benzene rings is 1. The van der Waals surface area contributed by atoms with Crippen molar-refractivity contribution in [2.45, 2.75) is 32.4 Å². The van der Waals surface area contributed by atoms with Crippen LogP contribution in [0.25, 0.3) is 0 Å². The smallest absolute Gasteiger partial charge is 0.138 e. The Morgan fingerprint density at radius 1 is 1.33 bits per heavy atom. The Morgan fingerprint density at radius 3 is 2.76 bits per heavy atom. The molecule has 1 aromatic carbocycles. The molecule has 0 bridgehead atoms. The quantitative estimate of drug-likeness (QED) is 0.884. The van der Waals surface area contributed by atoms with Gasteiger partial charge < -0.3 is 10.5 Å². The molecular weight excluding hydrogens is 291 g/mol. The van der Waals surface area contributed by atoms with Crippen molar-refractivity contribution in [1.82, 2.24) is 4.98 Å². The highest BCUT2D eigenvalue weighted by Gasteiger charge is 2.08. The number of nitrogens with two attached hydrogens (primary N) is 1. The van der Waals surface area contributed by atoms with Crippen LogP contribution in [0, 0.1) is 5.82 Å². The molecule has 1 aromatic heterocycles. The predicted octanol–water partition coefficient (Wildman–Crippen LogP) is 3.73. The van der Waals surface area contributed by atoms with E-state index in [1.807, 2.05) is 13.0 Å². The van der Waals surface area contributed by atoms with Crippen LogP contribution in [0.3, 0.4) is 0 Å². The summed E-state index contributed by atoms with van der Waals surface area (Å²) in [6.45, 7) is 2.11. The zero-order chi connectivity index (χ0) is 15.2. The van der Waals surface area contributed by atoms with E-state index in [-0.39, 0.29) is 18.5 Å². The van der Waals surface area contributed by atoms with Crippen molar-refractivity contribution < 1.29 is 9.13 Å². The number of nitrogens with zero attached hydrogens (tertiary/aromatic N) is 1. The lowest BCUT2D eigenvalue weighted by Gasteiger charge is -2.10. The standard InChI is InChI=1S/C16H18ClFN2O/c1-2-11(19)8-12-6-7-13(9-20-12)21-10-14-15(17)4-3-5-16(14)18/h3-7,9,11H,2,8,10,19H2,1H3. The fourth-order valence-corrected chi connectivity index (χ4v) is 2.07. The fourth-order valence-electron chi connectivity index (χ4n) is 1.86. The molecule has 112 valence electrons. The van der Waals surface area contributed by atoms with Crippen LogP contribution >= 0.6 is 11.6 Å². The molecule has 0 saturated heterocycles. The third-order valence-corrected chi connectivity index (χ3v) is 3.59. The highest BCUT2D eigenvalue weighted by atomic mass is 35.5. The first-order chi connectivity index (χ1) is 10.1. The molecule has 0 amide bonds. The van der Waals surface area contributed by atoms with Gasteiger partial charge >= 0.3 is 0 Å². The molecule has 2 aromatic rings. The van der Waals surface area contributed by atoms with E-state index < -0.39 is 0 Å². The summed E-state index contributed by atoms with van der Waals surface area (Å²) in [5, 5.41) is 0.355. The summed E-state index contributed by atoms with van der Waals surface area (Å²) in [6, 6.07) is 8.35. The lowest BCUT2D eigenvalue weighted by molar-refractivity contribution is 0.298. The van der Waals surface area contributed by atoms with Gasteiger partial charge in [0.05, 0.1) is 11.2 Å². The predicted molar refractivity (Wildman–Crippen MR) is 81.9 cm³/mol. The van der Waals surface area contributed by atoms with Gasteiger partial charge in [-0.25, -0.2) is 4.39 Å². The van der Waals surface area contributed by atoms with E-state index in [0.29, 0.717) is 16.3 Å². The van der Waals surface area contributed by atoms with Crippen LogP contribution in [0.15, 0.2) is 36.5 Å². The summed E-state index contributed by atoms with van der Waals surface area (Å²) in [5.41, 5.74) is 7.14. The maximum atomic E-state index is 13.6. The highest BCUT2D eigenvalue weighted by molar-refractivity contribution is 6.31. The third kappa shape index (κ3) is 4.41. The number of rotatable bonds is 6. The van der Waals surface area contributed by atoms with E-state index in [2.05, 4.69) is 4.98 Å². The minimum Gasteiger partial charge on any atom is -0.487 e. The van der Waals surface area contributed by atoms with Crippen molar-refractivity contribution >= 4 is 11.6 Å². The van der Waals surface area contributed by atoms with Crippen molar-refractivity contribution in [2.24, 2.45) is 5.73 Å². The van der Waals surface area contributed by atoms with Gasteiger partial charge in [0, 0.05) is 23.7 Å². The second kappa shape index (κ2) is 7.38. The van der Waals surface area contributed by atoms with Crippen LogP contribution in [-0.4, -0.2) is 11.0 Å². The molecule has 1 atom stereocenters. The number of pyridine rings is 1. The van der Waals surface area contributed by atoms with E-state index in [1.165, 1.54) is 6.07 Å². The van der Waals surface area contributed by atoms with Gasteiger partial charge in [-0.2, -0.15) is 0 Å². The summed E-state index contributed by atoms with van der Waals surface area (Å²) in [4.78, 5) is 4.29. The third-order valence-electron chi connectivity index (χ3n) is 3.24. The van der Waals surface area contributed by atoms with Crippen molar-refractivity contribution in [3.05, 3.63) is 58.6 Å². The normalized spacial score (nSPS) is 12.2. The van der Waals surface area contributed by atoms with E-state index in [0.717, 1.165) is 18.5 Å². The molecule has 1 heterocycles. The Bertz CT molecular complexity index is 569. The Balaban J connectivity index is 1.98. The minimum absolute atomic E-state index is 0.0704. The molecule has 0 radical (unpaired) electrons. The van der Waals surface area contributed by atoms with Gasteiger partial charge in [-0.3, -0.25) is 4.98 Å². The Hall–Kier alpha value is -1.65. The zero-order valence-electron chi connectivity index (χ0n) is 11.9. The summed E-state index contributed by atoms with van der Waals surface area (Å²) in [6.07, 6.45) is 3.26. The van der Waals surface area contributed by atoms with Crippen LogP contribution in [0.5, 0.6) is 5.75 Å². The molecule has 3 nitrogen and oxygen atoms in total. The van der Waals surface area contributed by atoms with E-state index in [1.54, 1.807) is 24.4 Å². The largest absolute Gasteiger partial charge is 0.487 e. The van der Waals surface area contributed by atoms with Crippen molar-refractivity contribution in [1.29, 1.82) is 0 Å². The second-order valence-corrected chi connectivity index (χ2v) is 5.25. The van der Waals surface area contributed by atoms with Crippen molar-refractivity contribution in [3.63, 3.8) is 0 Å². The Kier molecular flexibility index (Phi) is 5.53. The maximum absolute atomic E-state index is 13.6. The molecule has 2 rings (SSSR count). The van der Waals surface area contributed by atoms with Gasteiger partial charge in [-0.05, 0) is 30.7 Å². The van der Waals surface area contributed by atoms with Crippen LogP contribution in [0.4, 0.5) is 4.39 Å². The lowest BCUT2D eigenvalue weighted by Crippen LogP contribution is -2.21. The monoisotopic (exact) mass is 308 g/mol. The number of halogens is 2. The van der Waals surface area contributed by atoms with Gasteiger partial charge in [-0.15, -0.1) is 0 Å². The first-order valence-corrected chi connectivity index (χ1v) is 7.24. The van der Waals surface area contributed by atoms with Crippen LogP contribution < -0.4 is 10.5 Å². The molecular formula is C16H18ClFN2O. The molecule has 2 N–H and O–H groups in total. The summed E-state index contributed by atoms with van der Waals surface area (Å²) in [7, 11) is 0. The second-order valence-electron chi connectivity index (χ2n) is 4.85. The zero-order valence-corrected chi connectivity index (χ0v) is 12.6. The number of ether oxygens (including phenoxy) is 1. The molecule has 0 spiro atoms. The Labute approximate surface area is 128 Å². The van der Waals surface area contributed by atoms with Gasteiger partial charge in [0.2, 0.25) is 0 Å². The Morgan fingerprint density at radius 2 is 2.14 bits per heavy atom. The topological polar surface area (TPSA) is 48.1 Å². The van der Waals surface area contributed by atoms with Crippen LogP contribution in [0.2, 0.25) is 5.02 Å². The average Bonchev–Trinajstić information content (AvgIpc) is 2.48. The number of aromatic nitrogens is 1. The molecule has 0 aliphatic carbocycles. The van der Waals surface area contributed by atoms with Crippen LogP contribution in [-0.2, 0) is 13.0 Å². The van der Waals surface area contributed by atoms with Crippen molar-refractivity contribution in [2.75, 3.05) is 0 Å². The SMILES string of the molecule is CCC(N)Cc1ccc(OCc2c(F)cccc2Cl)cn1. The lowest BCUT2D eigenvalue weighted by atomic mass is 10.1. The highest BCUT2D eigenvalue weighted by Crippen LogP contribution is 2.21. The molecule has 0 aliphatic rings. The van der Waals surface area contributed by atoms with Crippen LogP contribution in [0.1, 0.15) is 24.6 Å². The van der Waals surface area contributed by atoms with E-state index >= 15 is 0 Å². The first-order valence-electron chi connectivity index (χ1n) is 6.86. The number of hydrogen-bond acceptors (Lipinski definition) is 3. The number of hydrogen-bond donors (Lipinski definition) is 1. The molecule has 0 saturated carbocycles. The van der Waals surface area contributed by atoms with Gasteiger partial charge in [0.1, 0.15) is 18.2 Å². The maximum Gasteiger partial charge on any atom is 0.138 e. The summed E-state index contributed by atoms with van der Waals surface area (Å²) >= 11 is 5.94. The fraction of sp³-hybridized carbons (Fsp3) is 0.312. The van der Waals surface area contributed by atoms with E-state index in [4.69, 9.17) is 22.1 Å². The molecule has 1 unspecified atom stereocenters. The molecule has 5 heteroatoms. The van der Waals surface area contributed by atoms with Gasteiger partial charge in [0.25, 0.3) is 0 Å². The van der Waals surface area contributed by atoms with Gasteiger partial charge in [-0.1, -0.05) is 24.6 Å². The summed E-state index contributed by atoms with van der Waals surface area (Å²) < 4.78 is 19.1. The first kappa shape index (κ1) is 15.7.